The summed E-state index contributed by atoms with van der Waals surface area (Å²) in [7, 11) is 1.95. The van der Waals surface area contributed by atoms with Crippen molar-refractivity contribution in [3.05, 3.63) is 0 Å². The van der Waals surface area contributed by atoms with Crippen molar-refractivity contribution in [2.24, 2.45) is 0 Å². The van der Waals surface area contributed by atoms with Crippen LogP contribution in [0.5, 0.6) is 0 Å². The van der Waals surface area contributed by atoms with Crippen LogP contribution in [-0.4, -0.2) is 76.6 Å². The first-order chi connectivity index (χ1) is 11.4. The minimum Gasteiger partial charge on any atom is -0.467 e. The number of amides is 2. The Morgan fingerprint density at radius 2 is 1.72 bits per heavy atom. The molecule has 142 valence electrons. The lowest BCUT2D eigenvalue weighted by Crippen LogP contribution is -2.66. The quantitative estimate of drug-likeness (QED) is 0.494. The molecular formula is C15H23NO9. The lowest BCUT2D eigenvalue weighted by molar-refractivity contribution is -0.178. The summed E-state index contributed by atoms with van der Waals surface area (Å²) in [6.07, 6.45) is -6.19. The normalized spacial score (nSPS) is 23.0. The molecule has 1 aliphatic heterocycles. The molecule has 1 rings (SSSR count). The second-order valence-corrected chi connectivity index (χ2v) is 6.54. The standard InChI is InChI=1S/C15H23NO9/c1-14(2,3)25-13(22)16-8(17)6-7-15(16,12(21)24-5)10(19)9(18)11(20)23-4/h9-10,18-19H,6-7H2,1-5H3/t9-,10-,15+/m0/s1. The first kappa shape index (κ1) is 20.8. The molecule has 2 amide bonds. The number of ether oxygens (including phenoxy) is 3. The monoisotopic (exact) mass is 361 g/mol. The summed E-state index contributed by atoms with van der Waals surface area (Å²) in [6, 6.07) is 0. The molecule has 0 aliphatic carbocycles. The molecule has 0 spiro atoms. The second-order valence-electron chi connectivity index (χ2n) is 6.54. The third-order valence-corrected chi connectivity index (χ3v) is 3.71. The number of nitrogens with zero attached hydrogens (tertiary/aromatic N) is 1. The van der Waals surface area contributed by atoms with Crippen molar-refractivity contribution in [2.45, 2.75) is 57.0 Å². The predicted molar refractivity (Wildman–Crippen MR) is 81.1 cm³/mol. The van der Waals surface area contributed by atoms with E-state index in [1.807, 2.05) is 0 Å². The minimum absolute atomic E-state index is 0.292. The molecule has 25 heavy (non-hydrogen) atoms. The van der Waals surface area contributed by atoms with Crippen molar-refractivity contribution in [2.75, 3.05) is 14.2 Å². The fourth-order valence-corrected chi connectivity index (χ4v) is 2.60. The number of carbonyl (C=O) groups excluding carboxylic acids is 4. The van der Waals surface area contributed by atoms with Crippen LogP contribution in [0.25, 0.3) is 0 Å². The van der Waals surface area contributed by atoms with Gasteiger partial charge in [0.1, 0.15) is 11.7 Å². The maximum atomic E-state index is 12.4. The third-order valence-electron chi connectivity index (χ3n) is 3.71. The smallest absolute Gasteiger partial charge is 0.418 e. The maximum absolute atomic E-state index is 12.4. The van der Waals surface area contributed by atoms with Crippen molar-refractivity contribution in [3.8, 4) is 0 Å². The Kier molecular flexibility index (Phi) is 6.14. The van der Waals surface area contributed by atoms with Gasteiger partial charge in [0.15, 0.2) is 11.6 Å². The van der Waals surface area contributed by atoms with Gasteiger partial charge < -0.3 is 24.4 Å². The minimum atomic E-state index is -2.30. The van der Waals surface area contributed by atoms with E-state index in [1.165, 1.54) is 0 Å². The Bertz CT molecular complexity index is 568. The van der Waals surface area contributed by atoms with E-state index in [0.29, 0.717) is 4.90 Å². The molecule has 3 atom stereocenters. The van der Waals surface area contributed by atoms with E-state index in [2.05, 4.69) is 9.47 Å². The summed E-state index contributed by atoms with van der Waals surface area (Å²) in [5, 5.41) is 20.4. The number of hydrogen-bond donors (Lipinski definition) is 2. The van der Waals surface area contributed by atoms with Crippen LogP contribution < -0.4 is 0 Å². The summed E-state index contributed by atoms with van der Waals surface area (Å²) in [6.45, 7) is 4.64. The van der Waals surface area contributed by atoms with Crippen molar-refractivity contribution < 1.29 is 43.6 Å². The molecule has 0 aromatic heterocycles. The zero-order chi connectivity index (χ0) is 19.6. The van der Waals surface area contributed by atoms with Crippen LogP contribution in [0.4, 0.5) is 4.79 Å². The van der Waals surface area contributed by atoms with Gasteiger partial charge in [0, 0.05) is 6.42 Å². The molecule has 0 saturated carbocycles. The Morgan fingerprint density at radius 1 is 1.16 bits per heavy atom. The molecule has 2 N–H and O–H groups in total. The van der Waals surface area contributed by atoms with Crippen molar-refractivity contribution in [1.82, 2.24) is 4.90 Å². The molecule has 1 aliphatic rings. The zero-order valence-corrected chi connectivity index (χ0v) is 14.8. The molecule has 0 radical (unpaired) electrons. The summed E-state index contributed by atoms with van der Waals surface area (Å²) in [4.78, 5) is 49.0. The highest BCUT2D eigenvalue weighted by molar-refractivity contribution is 6.02. The van der Waals surface area contributed by atoms with E-state index >= 15 is 0 Å². The number of methoxy groups -OCH3 is 2. The van der Waals surface area contributed by atoms with E-state index in [-0.39, 0.29) is 12.8 Å². The van der Waals surface area contributed by atoms with Gasteiger partial charge in [-0.3, -0.25) is 4.79 Å². The molecule has 10 heteroatoms. The van der Waals surface area contributed by atoms with Crippen LogP contribution in [-0.2, 0) is 28.6 Å². The first-order valence-electron chi connectivity index (χ1n) is 7.50. The molecular weight excluding hydrogens is 338 g/mol. The number of carbonyl (C=O) groups is 4. The maximum Gasteiger partial charge on any atom is 0.418 e. The van der Waals surface area contributed by atoms with Crippen LogP contribution in [0, 0.1) is 0 Å². The number of aliphatic hydroxyl groups excluding tert-OH is 2. The van der Waals surface area contributed by atoms with Gasteiger partial charge in [-0.05, 0) is 27.2 Å². The van der Waals surface area contributed by atoms with Crippen molar-refractivity contribution in [1.29, 1.82) is 0 Å². The van der Waals surface area contributed by atoms with Gasteiger partial charge >= 0.3 is 18.0 Å². The van der Waals surface area contributed by atoms with Gasteiger partial charge in [0.05, 0.1) is 14.2 Å². The molecule has 1 fully saturated rings. The van der Waals surface area contributed by atoms with Crippen molar-refractivity contribution in [3.63, 3.8) is 0 Å². The Hall–Kier alpha value is -2.20. The Balaban J connectivity index is 3.39. The van der Waals surface area contributed by atoms with Gasteiger partial charge in [0.2, 0.25) is 5.91 Å². The molecule has 0 aromatic rings. The van der Waals surface area contributed by atoms with E-state index in [4.69, 9.17) is 4.74 Å². The molecule has 0 aromatic carbocycles. The first-order valence-corrected chi connectivity index (χ1v) is 7.50. The number of likely N-dealkylation sites (tertiary alicyclic amines) is 1. The van der Waals surface area contributed by atoms with E-state index in [9.17, 15) is 29.4 Å². The zero-order valence-electron chi connectivity index (χ0n) is 14.8. The number of hydrogen-bond acceptors (Lipinski definition) is 9. The third kappa shape index (κ3) is 3.90. The summed E-state index contributed by atoms with van der Waals surface area (Å²) < 4.78 is 14.1. The van der Waals surface area contributed by atoms with Crippen LogP contribution in [0.1, 0.15) is 33.6 Å². The number of aliphatic hydroxyl groups is 2. The lowest BCUT2D eigenvalue weighted by Gasteiger charge is -2.39. The summed E-state index contributed by atoms with van der Waals surface area (Å²) >= 11 is 0. The fraction of sp³-hybridized carbons (Fsp3) is 0.733. The highest BCUT2D eigenvalue weighted by Gasteiger charge is 2.63. The fourth-order valence-electron chi connectivity index (χ4n) is 2.60. The van der Waals surface area contributed by atoms with Crippen LogP contribution in [0.15, 0.2) is 0 Å². The average Bonchev–Trinajstić information content (AvgIpc) is 2.88. The SMILES string of the molecule is COC(=O)[C@@H](O)[C@H](O)[C@@]1(C(=O)OC)CCC(=O)N1C(=O)OC(C)(C)C. The highest BCUT2D eigenvalue weighted by Crippen LogP contribution is 2.37. The number of rotatable bonds is 4. The highest BCUT2D eigenvalue weighted by atomic mass is 16.6. The summed E-state index contributed by atoms with van der Waals surface area (Å²) in [5.41, 5.74) is -3.30. The summed E-state index contributed by atoms with van der Waals surface area (Å²) in [5.74, 6) is -3.21. The van der Waals surface area contributed by atoms with Gasteiger partial charge in [-0.25, -0.2) is 19.3 Å². The van der Waals surface area contributed by atoms with Crippen LogP contribution >= 0.6 is 0 Å². The Morgan fingerprint density at radius 3 is 2.16 bits per heavy atom. The largest absolute Gasteiger partial charge is 0.467 e. The van der Waals surface area contributed by atoms with Crippen LogP contribution in [0.2, 0.25) is 0 Å². The lowest BCUT2D eigenvalue weighted by atomic mass is 9.86. The number of imide groups is 1. The van der Waals surface area contributed by atoms with E-state index < -0.39 is 47.3 Å². The molecule has 0 unspecified atom stereocenters. The van der Waals surface area contributed by atoms with Gasteiger partial charge in [0.25, 0.3) is 0 Å². The van der Waals surface area contributed by atoms with Crippen LogP contribution in [0.3, 0.4) is 0 Å². The number of esters is 2. The van der Waals surface area contributed by atoms with Gasteiger partial charge in [-0.1, -0.05) is 0 Å². The molecule has 1 saturated heterocycles. The predicted octanol–water partition coefficient (Wildman–Crippen LogP) is -0.650. The van der Waals surface area contributed by atoms with Crippen molar-refractivity contribution >= 4 is 23.9 Å². The topological polar surface area (TPSA) is 140 Å². The van der Waals surface area contributed by atoms with E-state index in [1.54, 1.807) is 20.8 Å². The molecule has 10 nitrogen and oxygen atoms in total. The van der Waals surface area contributed by atoms with Gasteiger partial charge in [-0.15, -0.1) is 0 Å². The Labute approximate surface area is 144 Å². The average molecular weight is 361 g/mol. The van der Waals surface area contributed by atoms with E-state index in [0.717, 1.165) is 14.2 Å². The molecule has 0 bridgehead atoms. The second kappa shape index (κ2) is 7.36. The molecule has 1 heterocycles. The van der Waals surface area contributed by atoms with Gasteiger partial charge in [-0.2, -0.15) is 0 Å².